The van der Waals surface area contributed by atoms with E-state index in [0.717, 1.165) is 6.07 Å². The summed E-state index contributed by atoms with van der Waals surface area (Å²) in [6, 6.07) is 2.46. The highest BCUT2D eigenvalue weighted by Crippen LogP contribution is 2.24. The Bertz CT molecular complexity index is 415. The summed E-state index contributed by atoms with van der Waals surface area (Å²) in [5.74, 6) is 0. The molecule has 0 amide bonds. The fourth-order valence-corrected chi connectivity index (χ4v) is 1.05. The lowest BCUT2D eigenvalue weighted by molar-refractivity contribution is 0.110. The summed E-state index contributed by atoms with van der Waals surface area (Å²) in [5, 5.41) is 8.23. The van der Waals surface area contributed by atoms with Crippen LogP contribution in [0.2, 0.25) is 5.15 Å². The first-order valence-corrected chi connectivity index (χ1v) is 3.81. The molecule has 0 saturated heterocycles. The predicted octanol–water partition coefficient (Wildman–Crippen LogP) is 2.36. The Morgan fingerprint density at radius 2 is 2.29 bits per heavy atom. The Kier molecular flexibility index (Phi) is 3.10. The predicted molar refractivity (Wildman–Crippen MR) is 44.3 cm³/mol. The minimum Gasteiger partial charge on any atom is -0.296 e. The average molecular weight is 217 g/mol. The van der Waals surface area contributed by atoms with Crippen LogP contribution in [0.5, 0.6) is 0 Å². The van der Waals surface area contributed by atoms with E-state index in [0.29, 0.717) is 0 Å². The zero-order valence-electron chi connectivity index (χ0n) is 6.67. The number of nitrogens with zero attached hydrogens (tertiary/aromatic N) is 2. The molecule has 0 aliphatic heterocycles. The van der Waals surface area contributed by atoms with Crippen molar-refractivity contribution >= 4 is 17.9 Å². The van der Waals surface area contributed by atoms with Crippen molar-refractivity contribution < 1.29 is 13.6 Å². The molecule has 0 aromatic carbocycles. The molecule has 0 radical (unpaired) electrons. The Morgan fingerprint density at radius 1 is 1.64 bits per heavy atom. The van der Waals surface area contributed by atoms with Crippen LogP contribution in [0.4, 0.5) is 8.78 Å². The second-order valence-electron chi connectivity index (χ2n) is 2.33. The highest BCUT2D eigenvalue weighted by molar-refractivity contribution is 6.30. The summed E-state index contributed by atoms with van der Waals surface area (Å²) in [6.07, 6.45) is -2.68. The van der Waals surface area contributed by atoms with E-state index < -0.39 is 17.7 Å². The summed E-state index contributed by atoms with van der Waals surface area (Å²) >= 11 is 5.45. The highest BCUT2D eigenvalue weighted by atomic mass is 35.5. The topological polar surface area (TPSA) is 53.8 Å². The van der Waals surface area contributed by atoms with Crippen LogP contribution in [0, 0.1) is 11.3 Å². The number of aromatic nitrogens is 1. The summed E-state index contributed by atoms with van der Waals surface area (Å²) in [5.41, 5.74) is -1.20. The fourth-order valence-electron chi connectivity index (χ4n) is 0.867. The van der Waals surface area contributed by atoms with Crippen molar-refractivity contribution in [2.75, 3.05) is 0 Å². The molecular formula is C8H3ClF2N2O. The maximum Gasteiger partial charge on any atom is 0.266 e. The first kappa shape index (κ1) is 10.5. The molecule has 1 rings (SSSR count). The molecule has 0 N–H and O–H groups in total. The molecule has 0 fully saturated rings. The first-order valence-electron chi connectivity index (χ1n) is 3.44. The van der Waals surface area contributed by atoms with E-state index in [4.69, 9.17) is 16.9 Å². The van der Waals surface area contributed by atoms with E-state index in [1.165, 1.54) is 0 Å². The van der Waals surface area contributed by atoms with Gasteiger partial charge in [-0.2, -0.15) is 5.26 Å². The van der Waals surface area contributed by atoms with E-state index in [1.54, 1.807) is 6.07 Å². The monoisotopic (exact) mass is 216 g/mol. The number of halogens is 3. The van der Waals surface area contributed by atoms with Crippen molar-refractivity contribution in [3.05, 3.63) is 28.0 Å². The van der Waals surface area contributed by atoms with E-state index in [-0.39, 0.29) is 17.0 Å². The van der Waals surface area contributed by atoms with E-state index >= 15 is 0 Å². The lowest BCUT2D eigenvalue weighted by atomic mass is 10.1. The molecule has 0 aliphatic carbocycles. The molecule has 0 aliphatic rings. The number of pyridine rings is 1. The Morgan fingerprint density at radius 3 is 2.71 bits per heavy atom. The number of hydrogen-bond acceptors (Lipinski definition) is 3. The zero-order valence-corrected chi connectivity index (χ0v) is 7.42. The van der Waals surface area contributed by atoms with E-state index in [1.807, 2.05) is 0 Å². The van der Waals surface area contributed by atoms with Crippen LogP contribution in [-0.4, -0.2) is 11.3 Å². The Hall–Kier alpha value is -1.54. The third kappa shape index (κ3) is 1.86. The van der Waals surface area contributed by atoms with Gasteiger partial charge < -0.3 is 0 Å². The molecule has 0 unspecified atom stereocenters. The maximum atomic E-state index is 12.3. The molecule has 1 aromatic heterocycles. The van der Waals surface area contributed by atoms with Crippen molar-refractivity contribution in [3.8, 4) is 6.07 Å². The number of aldehydes is 1. The van der Waals surface area contributed by atoms with Crippen LogP contribution in [-0.2, 0) is 0 Å². The fraction of sp³-hybridized carbons (Fsp3) is 0.125. The number of rotatable bonds is 2. The van der Waals surface area contributed by atoms with Crippen LogP contribution in [0.1, 0.15) is 28.0 Å². The third-order valence-corrected chi connectivity index (χ3v) is 1.79. The minimum absolute atomic E-state index is 0.174. The quantitative estimate of drug-likeness (QED) is 0.563. The van der Waals surface area contributed by atoms with E-state index in [9.17, 15) is 13.6 Å². The number of hydrogen-bond donors (Lipinski definition) is 0. The second-order valence-corrected chi connectivity index (χ2v) is 2.69. The SMILES string of the molecule is N#Cc1cc(C(F)F)c(C=O)nc1Cl. The van der Waals surface area contributed by atoms with Crippen LogP contribution in [0.25, 0.3) is 0 Å². The van der Waals surface area contributed by atoms with Crippen molar-refractivity contribution in [1.82, 2.24) is 4.98 Å². The Balaban J connectivity index is 3.41. The molecule has 1 heterocycles. The van der Waals surface area contributed by atoms with Gasteiger partial charge in [0.25, 0.3) is 6.43 Å². The Labute approximate surface area is 82.9 Å². The van der Waals surface area contributed by atoms with Crippen molar-refractivity contribution in [2.24, 2.45) is 0 Å². The van der Waals surface area contributed by atoms with Crippen LogP contribution < -0.4 is 0 Å². The van der Waals surface area contributed by atoms with Gasteiger partial charge in [-0.25, -0.2) is 13.8 Å². The van der Waals surface area contributed by atoms with Gasteiger partial charge in [0, 0.05) is 5.56 Å². The third-order valence-electron chi connectivity index (χ3n) is 1.50. The number of carbonyl (C=O) groups is 1. The second kappa shape index (κ2) is 4.11. The maximum absolute atomic E-state index is 12.3. The van der Waals surface area contributed by atoms with Crippen molar-refractivity contribution in [3.63, 3.8) is 0 Å². The molecule has 14 heavy (non-hydrogen) atoms. The van der Waals surface area contributed by atoms with Gasteiger partial charge in [0.2, 0.25) is 0 Å². The lowest BCUT2D eigenvalue weighted by Gasteiger charge is -2.03. The first-order chi connectivity index (χ1) is 6.60. The summed E-state index contributed by atoms with van der Waals surface area (Å²) in [4.78, 5) is 13.7. The minimum atomic E-state index is -2.85. The normalized spacial score (nSPS) is 9.93. The molecule has 0 atom stereocenters. The van der Waals surface area contributed by atoms with Crippen LogP contribution in [0.15, 0.2) is 6.07 Å². The summed E-state index contributed by atoms with van der Waals surface area (Å²) in [6.45, 7) is 0. The van der Waals surface area contributed by atoms with E-state index in [2.05, 4.69) is 4.98 Å². The molecular weight excluding hydrogens is 214 g/mol. The van der Waals surface area contributed by atoms with Gasteiger partial charge in [0.1, 0.15) is 16.9 Å². The zero-order chi connectivity index (χ0) is 10.7. The van der Waals surface area contributed by atoms with Gasteiger partial charge in [-0.05, 0) is 6.07 Å². The number of carbonyl (C=O) groups excluding carboxylic acids is 1. The molecule has 0 bridgehead atoms. The van der Waals surface area contributed by atoms with Gasteiger partial charge in [0.15, 0.2) is 6.29 Å². The van der Waals surface area contributed by atoms with Crippen LogP contribution in [0.3, 0.4) is 0 Å². The summed E-state index contributed by atoms with van der Waals surface area (Å²) < 4.78 is 24.6. The molecule has 3 nitrogen and oxygen atoms in total. The molecule has 72 valence electrons. The van der Waals surface area contributed by atoms with Gasteiger partial charge in [-0.1, -0.05) is 11.6 Å². The van der Waals surface area contributed by atoms with Gasteiger partial charge in [-0.15, -0.1) is 0 Å². The molecule has 1 aromatic rings. The molecule has 0 spiro atoms. The van der Waals surface area contributed by atoms with Gasteiger partial charge >= 0.3 is 0 Å². The average Bonchev–Trinajstić information content (AvgIpc) is 2.16. The van der Waals surface area contributed by atoms with Crippen molar-refractivity contribution in [1.29, 1.82) is 5.26 Å². The lowest BCUT2D eigenvalue weighted by Crippen LogP contribution is -1.99. The number of nitriles is 1. The number of alkyl halides is 2. The highest BCUT2D eigenvalue weighted by Gasteiger charge is 2.17. The van der Waals surface area contributed by atoms with Gasteiger partial charge in [0.05, 0.1) is 5.56 Å². The van der Waals surface area contributed by atoms with Crippen molar-refractivity contribution in [2.45, 2.75) is 6.43 Å². The smallest absolute Gasteiger partial charge is 0.266 e. The standard InChI is InChI=1S/C8H3ClF2N2O/c9-7-4(2-12)1-5(8(10)11)6(3-14)13-7/h1,3,8H. The molecule has 6 heteroatoms. The molecule has 0 saturated carbocycles. The largest absolute Gasteiger partial charge is 0.296 e. The summed E-state index contributed by atoms with van der Waals surface area (Å²) in [7, 11) is 0. The van der Waals surface area contributed by atoms with Crippen LogP contribution >= 0.6 is 11.6 Å². The van der Waals surface area contributed by atoms with Gasteiger partial charge in [-0.3, -0.25) is 4.79 Å².